The average Bonchev–Trinajstić information content (AvgIpc) is 2.47. The van der Waals surface area contributed by atoms with Crippen LogP contribution in [0.3, 0.4) is 0 Å². The molecule has 1 aromatic carbocycles. The largest absolute Gasteiger partial charge is 0.393 e. The maximum absolute atomic E-state index is 12.1. The molecule has 102 valence electrons. The first-order valence-electron chi connectivity index (χ1n) is 6.15. The van der Waals surface area contributed by atoms with Crippen LogP contribution in [-0.4, -0.2) is 9.13 Å². The number of aromatic nitrogens is 2. The molecule has 0 aliphatic carbocycles. The number of rotatable bonds is 3. The third kappa shape index (κ3) is 2.47. The molecule has 0 saturated carbocycles. The fraction of sp³-hybridized carbons (Fsp3) is 0.214. The lowest BCUT2D eigenvalue weighted by molar-refractivity contribution is 0.603. The summed E-state index contributed by atoms with van der Waals surface area (Å²) in [6.45, 7) is 2.33. The van der Waals surface area contributed by atoms with Crippen LogP contribution in [0.1, 0.15) is 18.1 Å². The number of nitrogen functional groups attached to an aromatic ring is 1. The van der Waals surface area contributed by atoms with Gasteiger partial charge in [0.25, 0.3) is 5.56 Å². The van der Waals surface area contributed by atoms with Gasteiger partial charge < -0.3 is 5.73 Å². The van der Waals surface area contributed by atoms with Crippen LogP contribution in [-0.2, 0) is 13.1 Å². The van der Waals surface area contributed by atoms with Gasteiger partial charge in [-0.05, 0) is 24.6 Å². The Balaban J connectivity index is 2.54. The van der Waals surface area contributed by atoms with Gasteiger partial charge in [-0.3, -0.25) is 13.9 Å². The average molecular weight is 270 g/mol. The number of benzene rings is 1. The summed E-state index contributed by atoms with van der Waals surface area (Å²) in [5.74, 6) is 0. The van der Waals surface area contributed by atoms with Crippen molar-refractivity contribution >= 4 is 5.69 Å². The summed E-state index contributed by atoms with van der Waals surface area (Å²) in [7, 11) is 0. The zero-order chi connectivity index (χ0) is 14.7. The van der Waals surface area contributed by atoms with Crippen molar-refractivity contribution in [3.63, 3.8) is 0 Å². The summed E-state index contributed by atoms with van der Waals surface area (Å²) < 4.78 is 2.46. The first-order valence-corrected chi connectivity index (χ1v) is 6.15. The van der Waals surface area contributed by atoms with Gasteiger partial charge in [0.15, 0.2) is 0 Å². The predicted octanol–water partition coefficient (Wildman–Crippen LogP) is 0.532. The van der Waals surface area contributed by atoms with Crippen molar-refractivity contribution in [1.29, 1.82) is 5.26 Å². The van der Waals surface area contributed by atoms with E-state index < -0.39 is 11.2 Å². The van der Waals surface area contributed by atoms with Crippen LogP contribution in [0, 0.1) is 11.3 Å². The van der Waals surface area contributed by atoms with Crippen molar-refractivity contribution in [2.24, 2.45) is 0 Å². The molecule has 1 heterocycles. The first kappa shape index (κ1) is 13.6. The van der Waals surface area contributed by atoms with Crippen LogP contribution in [0.4, 0.5) is 5.69 Å². The van der Waals surface area contributed by atoms with Gasteiger partial charge in [0, 0.05) is 12.7 Å². The molecular weight excluding hydrogens is 256 g/mol. The molecule has 0 fully saturated rings. The summed E-state index contributed by atoms with van der Waals surface area (Å²) >= 11 is 0. The summed E-state index contributed by atoms with van der Waals surface area (Å²) in [6, 6.07) is 8.80. The van der Waals surface area contributed by atoms with Gasteiger partial charge in [-0.25, -0.2) is 4.79 Å². The van der Waals surface area contributed by atoms with E-state index in [9.17, 15) is 9.59 Å². The lowest BCUT2D eigenvalue weighted by Gasteiger charge is -2.10. The van der Waals surface area contributed by atoms with E-state index in [1.807, 2.05) is 6.07 Å². The maximum atomic E-state index is 12.1. The van der Waals surface area contributed by atoms with E-state index in [0.717, 1.165) is 4.57 Å². The van der Waals surface area contributed by atoms with Gasteiger partial charge in [0.2, 0.25) is 0 Å². The Labute approximate surface area is 115 Å². The van der Waals surface area contributed by atoms with E-state index in [-0.39, 0.29) is 12.2 Å². The van der Waals surface area contributed by atoms with Crippen molar-refractivity contribution in [2.75, 3.05) is 5.73 Å². The Kier molecular flexibility index (Phi) is 3.71. The normalized spacial score (nSPS) is 10.2. The molecule has 0 bridgehead atoms. The molecule has 0 amide bonds. The number of nitriles is 1. The van der Waals surface area contributed by atoms with Crippen molar-refractivity contribution in [1.82, 2.24) is 9.13 Å². The molecule has 0 spiro atoms. The van der Waals surface area contributed by atoms with E-state index in [4.69, 9.17) is 11.0 Å². The molecule has 0 aliphatic heterocycles. The summed E-state index contributed by atoms with van der Waals surface area (Å²) in [4.78, 5) is 24.1. The van der Waals surface area contributed by atoms with E-state index in [0.29, 0.717) is 17.7 Å². The summed E-state index contributed by atoms with van der Waals surface area (Å²) in [5, 5.41) is 8.86. The third-order valence-electron chi connectivity index (χ3n) is 3.00. The van der Waals surface area contributed by atoms with Crippen LogP contribution < -0.4 is 17.0 Å². The van der Waals surface area contributed by atoms with Gasteiger partial charge in [-0.15, -0.1) is 0 Å². The molecule has 1 aromatic heterocycles. The SMILES string of the molecule is CCn1cc(N)c(=O)n(Cc2cccc(C#N)c2)c1=O. The Hall–Kier alpha value is -2.81. The standard InChI is InChI=1S/C14H14N4O2/c1-2-17-9-12(16)13(19)18(14(17)20)8-11-5-3-4-10(6-11)7-15/h3-6,9H,2,8,16H2,1H3. The molecule has 0 radical (unpaired) electrons. The van der Waals surface area contributed by atoms with Crippen molar-refractivity contribution in [3.05, 3.63) is 62.4 Å². The molecule has 2 aromatic rings. The van der Waals surface area contributed by atoms with E-state index >= 15 is 0 Å². The molecule has 0 aliphatic rings. The number of nitrogens with zero attached hydrogens (tertiary/aromatic N) is 3. The van der Waals surface area contributed by atoms with Gasteiger partial charge in [-0.1, -0.05) is 12.1 Å². The molecule has 2 N–H and O–H groups in total. The van der Waals surface area contributed by atoms with Gasteiger partial charge in [-0.2, -0.15) is 5.26 Å². The monoisotopic (exact) mass is 270 g/mol. The number of nitrogens with two attached hydrogens (primary N) is 1. The molecule has 0 unspecified atom stereocenters. The van der Waals surface area contributed by atoms with Crippen LogP contribution in [0.2, 0.25) is 0 Å². The Morgan fingerprint density at radius 2 is 2.10 bits per heavy atom. The van der Waals surface area contributed by atoms with E-state index in [1.54, 1.807) is 31.2 Å². The second-order valence-corrected chi connectivity index (χ2v) is 4.36. The fourth-order valence-electron chi connectivity index (χ4n) is 1.96. The minimum Gasteiger partial charge on any atom is -0.393 e. The van der Waals surface area contributed by atoms with Gasteiger partial charge >= 0.3 is 5.69 Å². The Bertz CT molecular complexity index is 796. The van der Waals surface area contributed by atoms with Crippen LogP contribution >= 0.6 is 0 Å². The van der Waals surface area contributed by atoms with Crippen LogP contribution in [0.15, 0.2) is 40.1 Å². The first-order chi connectivity index (χ1) is 9.56. The lowest BCUT2D eigenvalue weighted by atomic mass is 10.1. The highest BCUT2D eigenvalue weighted by atomic mass is 16.2. The minimum atomic E-state index is -0.512. The third-order valence-corrected chi connectivity index (χ3v) is 3.00. The highest BCUT2D eigenvalue weighted by Gasteiger charge is 2.09. The lowest BCUT2D eigenvalue weighted by Crippen LogP contribution is -2.40. The zero-order valence-corrected chi connectivity index (χ0v) is 11.0. The molecular formula is C14H14N4O2. The molecule has 0 atom stereocenters. The highest BCUT2D eigenvalue weighted by molar-refractivity contribution is 5.34. The number of aryl methyl sites for hydroxylation is 1. The maximum Gasteiger partial charge on any atom is 0.331 e. The highest BCUT2D eigenvalue weighted by Crippen LogP contribution is 2.05. The van der Waals surface area contributed by atoms with Crippen molar-refractivity contribution in [3.8, 4) is 6.07 Å². The van der Waals surface area contributed by atoms with Crippen molar-refractivity contribution < 1.29 is 0 Å². The summed E-state index contributed by atoms with van der Waals surface area (Å²) in [6.07, 6.45) is 1.35. The zero-order valence-electron chi connectivity index (χ0n) is 11.0. The molecule has 2 rings (SSSR count). The Morgan fingerprint density at radius 1 is 1.35 bits per heavy atom. The van der Waals surface area contributed by atoms with Crippen LogP contribution in [0.25, 0.3) is 0 Å². The second kappa shape index (κ2) is 5.45. The second-order valence-electron chi connectivity index (χ2n) is 4.36. The summed E-state index contributed by atoms with van der Waals surface area (Å²) in [5.41, 5.74) is 5.93. The smallest absolute Gasteiger partial charge is 0.331 e. The topological polar surface area (TPSA) is 93.8 Å². The van der Waals surface area contributed by atoms with E-state index in [2.05, 4.69) is 0 Å². The fourth-order valence-corrected chi connectivity index (χ4v) is 1.96. The van der Waals surface area contributed by atoms with Crippen molar-refractivity contribution in [2.45, 2.75) is 20.0 Å². The van der Waals surface area contributed by atoms with E-state index in [1.165, 1.54) is 10.8 Å². The number of anilines is 1. The molecule has 6 heteroatoms. The minimum absolute atomic E-state index is 0.0305. The van der Waals surface area contributed by atoms with Gasteiger partial charge in [0.05, 0.1) is 18.2 Å². The molecule has 20 heavy (non-hydrogen) atoms. The van der Waals surface area contributed by atoms with Crippen LogP contribution in [0.5, 0.6) is 0 Å². The Morgan fingerprint density at radius 3 is 2.75 bits per heavy atom. The van der Waals surface area contributed by atoms with Gasteiger partial charge in [0.1, 0.15) is 5.69 Å². The predicted molar refractivity (Wildman–Crippen MR) is 75.3 cm³/mol. The molecule has 0 saturated heterocycles. The number of hydrogen-bond acceptors (Lipinski definition) is 4. The number of hydrogen-bond donors (Lipinski definition) is 1. The quantitative estimate of drug-likeness (QED) is 0.880. The molecule has 6 nitrogen and oxygen atoms in total.